The maximum atomic E-state index is 12.4. The lowest BCUT2D eigenvalue weighted by molar-refractivity contribution is -0.149. The Morgan fingerprint density at radius 1 is 1.41 bits per heavy atom. The summed E-state index contributed by atoms with van der Waals surface area (Å²) >= 11 is 1.02. The molecule has 0 aromatic heterocycles. The SMILES string of the molecule is CNC(=O)O[C@H]1C[C@@H](C(=O)O)N(C(=O)C(C)CSC(C)=O)C1. The highest BCUT2D eigenvalue weighted by molar-refractivity contribution is 8.13. The number of carboxylic acids is 1. The van der Waals surface area contributed by atoms with Gasteiger partial charge in [0.25, 0.3) is 0 Å². The number of likely N-dealkylation sites (tertiary alicyclic amines) is 1. The summed E-state index contributed by atoms with van der Waals surface area (Å²) in [5.41, 5.74) is 0. The molecular weight excluding hydrogens is 312 g/mol. The van der Waals surface area contributed by atoms with Crippen molar-refractivity contribution in [2.45, 2.75) is 32.4 Å². The monoisotopic (exact) mass is 332 g/mol. The number of alkyl carbamates (subject to hydrolysis) is 1. The van der Waals surface area contributed by atoms with Gasteiger partial charge in [0.2, 0.25) is 5.91 Å². The van der Waals surface area contributed by atoms with Crippen molar-refractivity contribution in [3.8, 4) is 0 Å². The van der Waals surface area contributed by atoms with Crippen LogP contribution in [0.3, 0.4) is 0 Å². The Bertz CT molecular complexity index is 469. The van der Waals surface area contributed by atoms with Crippen molar-refractivity contribution in [3.63, 3.8) is 0 Å². The number of hydrogen-bond acceptors (Lipinski definition) is 6. The zero-order valence-electron chi connectivity index (χ0n) is 12.7. The third kappa shape index (κ3) is 4.90. The largest absolute Gasteiger partial charge is 0.480 e. The Balaban J connectivity index is 2.72. The normalized spacial score (nSPS) is 22.0. The minimum atomic E-state index is -1.14. The van der Waals surface area contributed by atoms with Crippen molar-refractivity contribution >= 4 is 34.8 Å². The minimum Gasteiger partial charge on any atom is -0.480 e. The second kappa shape index (κ2) is 8.02. The van der Waals surface area contributed by atoms with Crippen LogP contribution in [0.15, 0.2) is 0 Å². The average Bonchev–Trinajstić information content (AvgIpc) is 2.87. The molecule has 1 unspecified atom stereocenters. The van der Waals surface area contributed by atoms with Crippen LogP contribution in [0.2, 0.25) is 0 Å². The quantitative estimate of drug-likeness (QED) is 0.745. The van der Waals surface area contributed by atoms with Gasteiger partial charge in [-0.1, -0.05) is 18.7 Å². The van der Waals surface area contributed by atoms with E-state index in [9.17, 15) is 24.3 Å². The smallest absolute Gasteiger partial charge is 0.407 e. The van der Waals surface area contributed by atoms with E-state index in [-0.39, 0.29) is 29.7 Å². The zero-order valence-corrected chi connectivity index (χ0v) is 13.5. The molecule has 8 nitrogen and oxygen atoms in total. The fraction of sp³-hybridized carbons (Fsp3) is 0.692. The molecule has 124 valence electrons. The molecule has 1 fully saturated rings. The highest BCUT2D eigenvalue weighted by atomic mass is 32.2. The average molecular weight is 332 g/mol. The molecular formula is C13H20N2O6S. The van der Waals surface area contributed by atoms with Crippen LogP contribution in [0, 0.1) is 5.92 Å². The maximum Gasteiger partial charge on any atom is 0.407 e. The zero-order chi connectivity index (χ0) is 16.9. The lowest BCUT2D eigenvalue weighted by atomic mass is 10.1. The predicted molar refractivity (Wildman–Crippen MR) is 79.4 cm³/mol. The van der Waals surface area contributed by atoms with Crippen molar-refractivity contribution < 1.29 is 29.0 Å². The molecule has 1 rings (SSSR count). The van der Waals surface area contributed by atoms with Gasteiger partial charge >= 0.3 is 12.1 Å². The molecule has 0 spiro atoms. The summed E-state index contributed by atoms with van der Waals surface area (Å²) in [6, 6.07) is -1.02. The Kier molecular flexibility index (Phi) is 6.66. The number of carbonyl (C=O) groups is 4. The summed E-state index contributed by atoms with van der Waals surface area (Å²) in [6.45, 7) is 3.09. The van der Waals surface area contributed by atoms with Crippen LogP contribution in [-0.2, 0) is 19.1 Å². The number of thioether (sulfide) groups is 1. The van der Waals surface area contributed by atoms with Crippen molar-refractivity contribution in [2.24, 2.45) is 5.92 Å². The van der Waals surface area contributed by atoms with Crippen molar-refractivity contribution in [1.82, 2.24) is 10.2 Å². The number of hydrogen-bond donors (Lipinski definition) is 2. The predicted octanol–water partition coefficient (Wildman–Crippen LogP) is 0.312. The molecule has 0 aromatic carbocycles. The fourth-order valence-electron chi connectivity index (χ4n) is 2.17. The molecule has 0 aliphatic carbocycles. The molecule has 1 heterocycles. The van der Waals surface area contributed by atoms with Gasteiger partial charge in [-0.05, 0) is 0 Å². The van der Waals surface area contributed by atoms with Crippen molar-refractivity contribution in [1.29, 1.82) is 0 Å². The van der Waals surface area contributed by atoms with E-state index in [2.05, 4.69) is 5.32 Å². The molecule has 22 heavy (non-hydrogen) atoms. The molecule has 2 N–H and O–H groups in total. The number of aliphatic carboxylic acids is 1. The molecule has 0 bridgehead atoms. The van der Waals surface area contributed by atoms with Crippen LogP contribution in [-0.4, -0.2) is 64.6 Å². The van der Waals surface area contributed by atoms with Gasteiger partial charge in [-0.15, -0.1) is 0 Å². The summed E-state index contributed by atoms with van der Waals surface area (Å²) in [6.07, 6.45) is -1.26. The topological polar surface area (TPSA) is 113 Å². The first-order chi connectivity index (χ1) is 10.3. The molecule has 1 aliphatic rings. The Morgan fingerprint density at radius 2 is 2.05 bits per heavy atom. The molecule has 3 atom stereocenters. The van der Waals surface area contributed by atoms with Crippen LogP contribution in [0.1, 0.15) is 20.3 Å². The second-order valence-corrected chi connectivity index (χ2v) is 6.26. The van der Waals surface area contributed by atoms with E-state index >= 15 is 0 Å². The van der Waals surface area contributed by atoms with E-state index in [0.29, 0.717) is 0 Å². The lowest BCUT2D eigenvalue weighted by Gasteiger charge is -2.24. The summed E-state index contributed by atoms with van der Waals surface area (Å²) < 4.78 is 5.03. The van der Waals surface area contributed by atoms with E-state index < -0.39 is 30.1 Å². The fourth-order valence-corrected chi connectivity index (χ4v) is 2.79. The third-order valence-electron chi connectivity index (χ3n) is 3.27. The number of carboxylic acid groups (broad SMARTS) is 1. The first-order valence-corrected chi connectivity index (χ1v) is 7.79. The van der Waals surface area contributed by atoms with Gasteiger partial charge in [0.1, 0.15) is 12.1 Å². The number of rotatable bonds is 5. The highest BCUT2D eigenvalue weighted by Crippen LogP contribution is 2.24. The van der Waals surface area contributed by atoms with Gasteiger partial charge in [-0.2, -0.15) is 0 Å². The molecule has 1 aliphatic heterocycles. The van der Waals surface area contributed by atoms with Gasteiger partial charge in [-0.3, -0.25) is 9.59 Å². The first kappa shape index (κ1) is 18.3. The van der Waals surface area contributed by atoms with Crippen LogP contribution >= 0.6 is 11.8 Å². The summed E-state index contributed by atoms with van der Waals surface area (Å²) in [4.78, 5) is 47.0. The minimum absolute atomic E-state index is 0.0400. The molecule has 0 saturated carbocycles. The number of nitrogens with zero attached hydrogens (tertiary/aromatic N) is 1. The van der Waals surface area contributed by atoms with Crippen molar-refractivity contribution in [2.75, 3.05) is 19.3 Å². The molecule has 0 aromatic rings. The number of carbonyl (C=O) groups excluding carboxylic acids is 3. The number of amides is 2. The first-order valence-electron chi connectivity index (χ1n) is 6.81. The van der Waals surface area contributed by atoms with Gasteiger partial charge < -0.3 is 20.1 Å². The van der Waals surface area contributed by atoms with Gasteiger partial charge in [0.05, 0.1) is 6.54 Å². The lowest BCUT2D eigenvalue weighted by Crippen LogP contribution is -2.43. The number of nitrogens with one attached hydrogen (secondary N) is 1. The van der Waals surface area contributed by atoms with E-state index in [0.717, 1.165) is 11.8 Å². The Labute approximate surface area is 132 Å². The third-order valence-corrected chi connectivity index (χ3v) is 4.34. The standard InChI is InChI=1S/C13H20N2O6S/c1-7(6-22-8(2)16)11(17)15-5-9(21-13(20)14-3)4-10(15)12(18)19/h7,9-10H,4-6H2,1-3H3,(H,14,20)(H,18,19)/t7?,9-,10-/m0/s1. The van der Waals surface area contributed by atoms with E-state index in [1.807, 2.05) is 0 Å². The summed E-state index contributed by atoms with van der Waals surface area (Å²) in [5, 5.41) is 11.4. The van der Waals surface area contributed by atoms with Crippen LogP contribution in [0.25, 0.3) is 0 Å². The van der Waals surface area contributed by atoms with Gasteiger partial charge in [0.15, 0.2) is 5.12 Å². The van der Waals surface area contributed by atoms with Crippen LogP contribution in [0.4, 0.5) is 4.79 Å². The van der Waals surface area contributed by atoms with Crippen LogP contribution in [0.5, 0.6) is 0 Å². The number of ether oxygens (including phenoxy) is 1. The Morgan fingerprint density at radius 3 is 2.55 bits per heavy atom. The summed E-state index contributed by atoms with van der Waals surface area (Å²) in [5.74, 6) is -1.70. The van der Waals surface area contributed by atoms with Crippen LogP contribution < -0.4 is 5.32 Å². The molecule has 0 radical (unpaired) electrons. The van der Waals surface area contributed by atoms with E-state index in [1.54, 1.807) is 6.92 Å². The van der Waals surface area contributed by atoms with E-state index in [1.165, 1.54) is 18.9 Å². The molecule has 2 amide bonds. The van der Waals surface area contributed by atoms with Crippen molar-refractivity contribution in [3.05, 3.63) is 0 Å². The maximum absolute atomic E-state index is 12.4. The van der Waals surface area contributed by atoms with Gasteiger partial charge in [0, 0.05) is 32.1 Å². The molecule has 9 heteroatoms. The second-order valence-electron chi connectivity index (χ2n) is 5.06. The van der Waals surface area contributed by atoms with Gasteiger partial charge in [-0.25, -0.2) is 9.59 Å². The van der Waals surface area contributed by atoms with E-state index in [4.69, 9.17) is 4.74 Å². The Hall–Kier alpha value is -1.77. The summed E-state index contributed by atoms with van der Waals surface area (Å²) in [7, 11) is 1.40. The highest BCUT2D eigenvalue weighted by Gasteiger charge is 2.42. The molecule has 1 saturated heterocycles.